The van der Waals surface area contributed by atoms with Gasteiger partial charge < -0.3 is 5.32 Å². The molecule has 1 unspecified atom stereocenters. The van der Waals surface area contributed by atoms with E-state index in [1.807, 2.05) is 6.92 Å². The summed E-state index contributed by atoms with van der Waals surface area (Å²) in [5, 5.41) is 3.29. The van der Waals surface area contributed by atoms with Crippen molar-refractivity contribution in [1.29, 1.82) is 0 Å². The molecule has 2 N–H and O–H groups in total. The van der Waals surface area contributed by atoms with Crippen molar-refractivity contribution >= 4 is 10.0 Å². The van der Waals surface area contributed by atoms with Crippen molar-refractivity contribution < 1.29 is 8.42 Å². The summed E-state index contributed by atoms with van der Waals surface area (Å²) in [6.45, 7) is 9.18. The number of rotatable bonds is 12. The van der Waals surface area contributed by atoms with Crippen LogP contribution >= 0.6 is 0 Å². The van der Waals surface area contributed by atoms with Gasteiger partial charge in [0.2, 0.25) is 10.0 Å². The second-order valence-electron chi connectivity index (χ2n) is 5.65. The summed E-state index contributed by atoms with van der Waals surface area (Å²) in [6.07, 6.45) is 6.00. The second-order valence-corrected chi connectivity index (χ2v) is 7.52. The molecule has 0 aromatic rings. The van der Waals surface area contributed by atoms with Gasteiger partial charge in [0.1, 0.15) is 0 Å². The molecule has 19 heavy (non-hydrogen) atoms. The van der Waals surface area contributed by atoms with E-state index in [-0.39, 0.29) is 11.8 Å². The lowest BCUT2D eigenvalue weighted by molar-refractivity contribution is 0.522. The van der Waals surface area contributed by atoms with Gasteiger partial charge in [-0.25, -0.2) is 13.1 Å². The predicted molar refractivity (Wildman–Crippen MR) is 82.9 cm³/mol. The Kier molecular flexibility index (Phi) is 10.6. The maximum atomic E-state index is 11.8. The summed E-state index contributed by atoms with van der Waals surface area (Å²) in [4.78, 5) is 0. The third kappa shape index (κ3) is 12.6. The van der Waals surface area contributed by atoms with E-state index in [1.165, 1.54) is 12.8 Å². The van der Waals surface area contributed by atoms with E-state index >= 15 is 0 Å². The van der Waals surface area contributed by atoms with Crippen molar-refractivity contribution in [3.05, 3.63) is 0 Å². The Morgan fingerprint density at radius 2 is 1.68 bits per heavy atom. The van der Waals surface area contributed by atoms with Gasteiger partial charge in [0.05, 0.1) is 5.75 Å². The van der Waals surface area contributed by atoms with Crippen molar-refractivity contribution in [2.45, 2.75) is 78.3 Å². The number of hydrogen-bond acceptors (Lipinski definition) is 3. The average Bonchev–Trinajstić information content (AvgIpc) is 2.27. The predicted octanol–water partition coefficient (Wildman–Crippen LogP) is 2.65. The van der Waals surface area contributed by atoms with Crippen molar-refractivity contribution in [3.63, 3.8) is 0 Å². The molecule has 0 saturated carbocycles. The molecule has 0 heterocycles. The van der Waals surface area contributed by atoms with Crippen LogP contribution < -0.4 is 10.0 Å². The number of unbranched alkanes of at least 4 members (excludes halogenated alkanes) is 3. The van der Waals surface area contributed by atoms with Gasteiger partial charge in [0.15, 0.2) is 0 Å². The molecule has 0 aliphatic heterocycles. The van der Waals surface area contributed by atoms with Crippen molar-refractivity contribution in [1.82, 2.24) is 10.0 Å². The Morgan fingerprint density at radius 1 is 1.00 bits per heavy atom. The van der Waals surface area contributed by atoms with E-state index in [1.54, 1.807) is 0 Å². The third-order valence-electron chi connectivity index (χ3n) is 3.01. The minimum Gasteiger partial charge on any atom is -0.315 e. The van der Waals surface area contributed by atoms with E-state index < -0.39 is 10.0 Å². The van der Waals surface area contributed by atoms with Crippen LogP contribution in [0.3, 0.4) is 0 Å². The Balaban J connectivity index is 3.73. The number of sulfonamides is 1. The van der Waals surface area contributed by atoms with E-state index in [0.29, 0.717) is 6.04 Å². The van der Waals surface area contributed by atoms with Crippen LogP contribution in [0.2, 0.25) is 0 Å². The zero-order valence-corrected chi connectivity index (χ0v) is 13.9. The summed E-state index contributed by atoms with van der Waals surface area (Å²) < 4.78 is 26.4. The summed E-state index contributed by atoms with van der Waals surface area (Å²) in [7, 11) is -3.10. The maximum absolute atomic E-state index is 11.8. The molecule has 0 aromatic carbocycles. The minimum absolute atomic E-state index is 0.0605. The topological polar surface area (TPSA) is 58.2 Å². The molecule has 0 radical (unpaired) electrons. The average molecular weight is 292 g/mol. The Hall–Kier alpha value is -0.130. The van der Waals surface area contributed by atoms with Gasteiger partial charge in [-0.1, -0.05) is 40.0 Å². The number of nitrogens with one attached hydrogen (secondary N) is 2. The highest BCUT2D eigenvalue weighted by Crippen LogP contribution is 2.05. The van der Waals surface area contributed by atoms with E-state index in [4.69, 9.17) is 0 Å². The second kappa shape index (κ2) is 10.6. The van der Waals surface area contributed by atoms with E-state index in [2.05, 4.69) is 30.8 Å². The van der Waals surface area contributed by atoms with Crippen LogP contribution in [-0.2, 0) is 10.0 Å². The van der Waals surface area contributed by atoms with Gasteiger partial charge in [0.25, 0.3) is 0 Å². The SMILES string of the molecule is CCCCCC(C)NS(=O)(=O)CCCCNC(C)C. The van der Waals surface area contributed by atoms with E-state index in [9.17, 15) is 8.42 Å². The van der Waals surface area contributed by atoms with Gasteiger partial charge in [-0.2, -0.15) is 0 Å². The van der Waals surface area contributed by atoms with Crippen LogP contribution in [-0.4, -0.2) is 32.8 Å². The normalized spacial score (nSPS) is 13.9. The highest BCUT2D eigenvalue weighted by Gasteiger charge is 2.13. The van der Waals surface area contributed by atoms with Gasteiger partial charge in [-0.15, -0.1) is 0 Å². The lowest BCUT2D eigenvalue weighted by atomic mass is 10.1. The molecule has 116 valence electrons. The highest BCUT2D eigenvalue weighted by molar-refractivity contribution is 7.89. The molecule has 0 fully saturated rings. The summed E-state index contributed by atoms with van der Waals surface area (Å²) >= 11 is 0. The smallest absolute Gasteiger partial charge is 0.211 e. The van der Waals surface area contributed by atoms with Gasteiger partial charge in [0, 0.05) is 12.1 Å². The molecule has 0 aliphatic carbocycles. The number of hydrogen-bond donors (Lipinski definition) is 2. The standard InChI is InChI=1S/C14H32N2O2S/c1-5-6-7-10-14(4)16-19(17,18)12-9-8-11-15-13(2)3/h13-16H,5-12H2,1-4H3. The van der Waals surface area contributed by atoms with E-state index in [0.717, 1.165) is 32.2 Å². The van der Waals surface area contributed by atoms with Crippen LogP contribution in [0.5, 0.6) is 0 Å². The Bertz CT molecular complexity index is 303. The molecule has 0 saturated heterocycles. The first-order chi connectivity index (χ1) is 8.87. The Labute approximate surface area is 119 Å². The summed E-state index contributed by atoms with van der Waals surface area (Å²) in [5.41, 5.74) is 0. The van der Waals surface area contributed by atoms with Crippen LogP contribution in [0.25, 0.3) is 0 Å². The fourth-order valence-electron chi connectivity index (χ4n) is 1.93. The zero-order chi connectivity index (χ0) is 14.7. The minimum atomic E-state index is -3.10. The fraction of sp³-hybridized carbons (Fsp3) is 1.00. The lowest BCUT2D eigenvalue weighted by Crippen LogP contribution is -2.34. The highest BCUT2D eigenvalue weighted by atomic mass is 32.2. The molecule has 0 aliphatic rings. The molecular weight excluding hydrogens is 260 g/mol. The first-order valence-corrected chi connectivity index (χ1v) is 9.26. The van der Waals surface area contributed by atoms with Crippen LogP contribution in [0.1, 0.15) is 66.2 Å². The fourth-order valence-corrected chi connectivity index (χ4v) is 3.37. The molecule has 0 aromatic heterocycles. The quantitative estimate of drug-likeness (QED) is 0.544. The summed E-state index contributed by atoms with van der Waals surface area (Å²) in [5.74, 6) is 0.241. The van der Waals surface area contributed by atoms with Crippen molar-refractivity contribution in [3.8, 4) is 0 Å². The van der Waals surface area contributed by atoms with Crippen molar-refractivity contribution in [2.24, 2.45) is 0 Å². The van der Waals surface area contributed by atoms with Gasteiger partial charge in [-0.3, -0.25) is 0 Å². The Morgan fingerprint density at radius 3 is 2.26 bits per heavy atom. The zero-order valence-electron chi connectivity index (χ0n) is 13.0. The van der Waals surface area contributed by atoms with Gasteiger partial charge in [-0.05, 0) is 32.7 Å². The molecule has 5 heteroatoms. The molecule has 0 spiro atoms. The molecule has 4 nitrogen and oxygen atoms in total. The maximum Gasteiger partial charge on any atom is 0.211 e. The molecular formula is C14H32N2O2S. The monoisotopic (exact) mass is 292 g/mol. The van der Waals surface area contributed by atoms with Crippen LogP contribution in [0, 0.1) is 0 Å². The van der Waals surface area contributed by atoms with Crippen LogP contribution in [0.15, 0.2) is 0 Å². The molecule has 0 amide bonds. The van der Waals surface area contributed by atoms with Crippen molar-refractivity contribution in [2.75, 3.05) is 12.3 Å². The lowest BCUT2D eigenvalue weighted by Gasteiger charge is -2.14. The third-order valence-corrected chi connectivity index (χ3v) is 4.60. The molecule has 1 atom stereocenters. The molecule has 0 rings (SSSR count). The summed E-state index contributed by atoms with van der Waals surface area (Å²) in [6, 6.07) is 0.527. The van der Waals surface area contributed by atoms with Crippen LogP contribution in [0.4, 0.5) is 0 Å². The molecule has 0 bridgehead atoms. The van der Waals surface area contributed by atoms with Gasteiger partial charge >= 0.3 is 0 Å². The largest absolute Gasteiger partial charge is 0.315 e. The first-order valence-electron chi connectivity index (χ1n) is 7.60. The first kappa shape index (κ1) is 18.9.